The zero-order valence-electron chi connectivity index (χ0n) is 21.2. The van der Waals surface area contributed by atoms with Gasteiger partial charge >= 0.3 is 0 Å². The van der Waals surface area contributed by atoms with Crippen molar-refractivity contribution in [3.8, 4) is 0 Å². The molecule has 3 unspecified atom stereocenters. The first kappa shape index (κ1) is 24.3. The van der Waals surface area contributed by atoms with Crippen LogP contribution in [0.1, 0.15) is 38.2 Å². The molecule has 0 aromatic heterocycles. The van der Waals surface area contributed by atoms with Gasteiger partial charge in [0.05, 0.1) is 18.9 Å². The second-order valence-corrected chi connectivity index (χ2v) is 9.90. The lowest BCUT2D eigenvalue weighted by Crippen LogP contribution is -2.38. The van der Waals surface area contributed by atoms with E-state index in [4.69, 9.17) is 4.74 Å². The van der Waals surface area contributed by atoms with Gasteiger partial charge in [0.2, 0.25) is 0 Å². The molecule has 190 valence electrons. The van der Waals surface area contributed by atoms with Crippen molar-refractivity contribution in [2.75, 3.05) is 32.6 Å². The van der Waals surface area contributed by atoms with Crippen LogP contribution >= 0.6 is 0 Å². The van der Waals surface area contributed by atoms with Crippen LogP contribution in [-0.4, -0.2) is 66.5 Å². The van der Waals surface area contributed by atoms with Gasteiger partial charge < -0.3 is 20.1 Å². The van der Waals surface area contributed by atoms with Gasteiger partial charge in [-0.2, -0.15) is 5.10 Å². The van der Waals surface area contributed by atoms with E-state index in [2.05, 4.69) is 26.9 Å². The number of benzene rings is 2. The number of hydrazone groups is 1. The summed E-state index contributed by atoms with van der Waals surface area (Å²) in [6, 6.07) is 9.15. The van der Waals surface area contributed by atoms with Crippen LogP contribution in [0.5, 0.6) is 0 Å². The van der Waals surface area contributed by atoms with E-state index in [1.807, 2.05) is 26.1 Å². The standard InChI is InChI=1S/C28H34FN5O2/c1-17-27-26(33(4)12-13-36-27)16-31-34(17)28(30-3)20-8-9-22-23(15-20)25(11-10-24(22)29)32-21-7-5-6-19(14-21)18(2)35/h8-11,15-16,18-19,21,32,35H,1,5-7,12-14H2,2-4H3. The van der Waals surface area contributed by atoms with Gasteiger partial charge in [-0.05, 0) is 50.3 Å². The van der Waals surface area contributed by atoms with Gasteiger partial charge in [-0.3, -0.25) is 4.99 Å². The number of aliphatic hydroxyl groups excluding tert-OH is 1. The Labute approximate surface area is 211 Å². The van der Waals surface area contributed by atoms with Crippen molar-refractivity contribution in [2.45, 2.75) is 44.8 Å². The minimum atomic E-state index is -0.323. The van der Waals surface area contributed by atoms with Crippen molar-refractivity contribution in [3.63, 3.8) is 0 Å². The molecule has 1 saturated carbocycles. The fourth-order valence-electron chi connectivity index (χ4n) is 5.44. The highest BCUT2D eigenvalue weighted by Crippen LogP contribution is 2.34. The number of amidine groups is 1. The number of hydrogen-bond donors (Lipinski definition) is 2. The molecule has 2 aromatic carbocycles. The highest BCUT2D eigenvalue weighted by atomic mass is 19.1. The molecule has 5 rings (SSSR count). The fourth-order valence-corrected chi connectivity index (χ4v) is 5.44. The van der Waals surface area contributed by atoms with E-state index in [9.17, 15) is 9.50 Å². The second-order valence-electron chi connectivity index (χ2n) is 9.90. The largest absolute Gasteiger partial charge is 0.487 e. The third kappa shape index (κ3) is 4.46. The van der Waals surface area contributed by atoms with E-state index in [1.165, 1.54) is 6.07 Å². The third-order valence-corrected chi connectivity index (χ3v) is 7.52. The number of anilines is 1. The molecule has 3 atom stereocenters. The lowest BCUT2D eigenvalue weighted by Gasteiger charge is -2.35. The minimum Gasteiger partial charge on any atom is -0.487 e. The molecule has 8 heteroatoms. The van der Waals surface area contributed by atoms with Crippen molar-refractivity contribution in [1.82, 2.24) is 9.91 Å². The highest BCUT2D eigenvalue weighted by molar-refractivity contribution is 6.06. The lowest BCUT2D eigenvalue weighted by atomic mass is 9.82. The van der Waals surface area contributed by atoms with Crippen molar-refractivity contribution < 1.29 is 14.2 Å². The van der Waals surface area contributed by atoms with Crippen LogP contribution in [-0.2, 0) is 4.74 Å². The van der Waals surface area contributed by atoms with Crippen LogP contribution in [0.4, 0.5) is 10.1 Å². The number of rotatable bonds is 4. The Kier molecular flexibility index (Phi) is 6.71. The van der Waals surface area contributed by atoms with Gasteiger partial charge in [0.1, 0.15) is 23.8 Å². The van der Waals surface area contributed by atoms with E-state index in [-0.39, 0.29) is 23.9 Å². The molecule has 0 radical (unpaired) electrons. The molecule has 0 bridgehead atoms. The Hall–Kier alpha value is -3.39. The molecule has 2 aromatic rings. The maximum absolute atomic E-state index is 14.8. The van der Waals surface area contributed by atoms with E-state index in [0.29, 0.717) is 29.3 Å². The molecule has 2 heterocycles. The average Bonchev–Trinajstić information content (AvgIpc) is 2.88. The number of allylic oxidation sites excluding steroid dienone is 1. The first-order chi connectivity index (χ1) is 17.4. The van der Waals surface area contributed by atoms with Crippen LogP contribution < -0.4 is 5.32 Å². The molecule has 2 aliphatic heterocycles. The molecule has 1 fully saturated rings. The monoisotopic (exact) mass is 491 g/mol. The number of fused-ring (bicyclic) bond motifs is 1. The van der Waals surface area contributed by atoms with E-state index in [1.54, 1.807) is 30.4 Å². The number of aliphatic imine (C=N–C) groups is 1. The third-order valence-electron chi connectivity index (χ3n) is 7.52. The summed E-state index contributed by atoms with van der Waals surface area (Å²) in [4.78, 5) is 6.62. The number of hydrogen-bond acceptors (Lipinski definition) is 6. The van der Waals surface area contributed by atoms with E-state index >= 15 is 0 Å². The molecule has 7 nitrogen and oxygen atoms in total. The summed E-state index contributed by atoms with van der Waals surface area (Å²) < 4.78 is 20.7. The lowest BCUT2D eigenvalue weighted by molar-refractivity contribution is 0.0976. The smallest absolute Gasteiger partial charge is 0.169 e. The first-order valence-corrected chi connectivity index (χ1v) is 12.6. The summed E-state index contributed by atoms with van der Waals surface area (Å²) in [7, 11) is 3.72. The number of halogens is 1. The summed E-state index contributed by atoms with van der Waals surface area (Å²) in [5, 5.41) is 21.4. The molecule has 0 amide bonds. The molecule has 0 spiro atoms. The van der Waals surface area contributed by atoms with E-state index in [0.717, 1.165) is 54.6 Å². The molecule has 1 aliphatic carbocycles. The number of nitrogens with one attached hydrogen (secondary N) is 1. The van der Waals surface area contributed by atoms with Gasteiger partial charge in [0.15, 0.2) is 11.6 Å². The number of nitrogens with zero attached hydrogens (tertiary/aromatic N) is 4. The molecular weight excluding hydrogens is 457 g/mol. The topological polar surface area (TPSA) is 72.7 Å². The Balaban J connectivity index is 1.47. The van der Waals surface area contributed by atoms with Crippen molar-refractivity contribution in [3.05, 3.63) is 65.4 Å². The average molecular weight is 492 g/mol. The van der Waals surface area contributed by atoms with Gasteiger partial charge in [0.25, 0.3) is 0 Å². The summed E-state index contributed by atoms with van der Waals surface area (Å²) in [5.41, 5.74) is 3.19. The maximum atomic E-state index is 14.8. The molecule has 36 heavy (non-hydrogen) atoms. The Morgan fingerprint density at radius 3 is 2.89 bits per heavy atom. The second kappa shape index (κ2) is 9.93. The van der Waals surface area contributed by atoms with Gasteiger partial charge in [0, 0.05) is 42.2 Å². The van der Waals surface area contributed by atoms with Crippen molar-refractivity contribution >= 4 is 28.5 Å². The van der Waals surface area contributed by atoms with Crippen molar-refractivity contribution in [1.29, 1.82) is 0 Å². The van der Waals surface area contributed by atoms with Crippen LogP contribution in [0.25, 0.3) is 10.8 Å². The normalized spacial score (nSPS) is 23.6. The molecular formula is C28H34FN5O2. The van der Waals surface area contributed by atoms with Gasteiger partial charge in [-0.15, -0.1) is 0 Å². The Morgan fingerprint density at radius 1 is 1.28 bits per heavy atom. The minimum absolute atomic E-state index is 0.229. The van der Waals surface area contributed by atoms with Crippen LogP contribution in [0.2, 0.25) is 0 Å². The quantitative estimate of drug-likeness (QED) is 0.479. The maximum Gasteiger partial charge on any atom is 0.169 e. The first-order valence-electron chi connectivity index (χ1n) is 12.6. The zero-order chi connectivity index (χ0) is 25.4. The van der Waals surface area contributed by atoms with E-state index < -0.39 is 0 Å². The predicted molar refractivity (Wildman–Crippen MR) is 142 cm³/mol. The Morgan fingerprint density at radius 2 is 2.11 bits per heavy atom. The number of aliphatic hydroxyl groups is 1. The number of ether oxygens (including phenoxy) is 1. The van der Waals surface area contributed by atoms with Crippen molar-refractivity contribution in [2.24, 2.45) is 16.0 Å². The Bertz CT molecular complexity index is 1270. The SMILES string of the molecule is C=C1C2=C(C=NN1C(=NC)c1ccc3c(F)ccc(NC4CCCC(C(C)O)C4)c3c1)N(C)CCO2. The van der Waals surface area contributed by atoms with Crippen LogP contribution in [0.15, 0.2) is 64.2 Å². The summed E-state index contributed by atoms with van der Waals surface area (Å²) in [6.45, 7) is 7.46. The summed E-state index contributed by atoms with van der Waals surface area (Å²) in [5.74, 6) is 1.31. The highest BCUT2D eigenvalue weighted by Gasteiger charge is 2.30. The molecule has 2 N–H and O–H groups in total. The summed E-state index contributed by atoms with van der Waals surface area (Å²) in [6.07, 6.45) is 5.47. The van der Waals surface area contributed by atoms with Crippen LogP contribution in [0.3, 0.4) is 0 Å². The predicted octanol–water partition coefficient (Wildman–Crippen LogP) is 4.70. The molecule has 3 aliphatic rings. The fraction of sp³-hybridized carbons (Fsp3) is 0.429. The van der Waals surface area contributed by atoms with Gasteiger partial charge in [-0.1, -0.05) is 25.1 Å². The number of likely N-dealkylation sites (N-methyl/N-ethyl adjacent to an activating group) is 1. The van der Waals surface area contributed by atoms with Crippen LogP contribution in [0, 0.1) is 11.7 Å². The summed E-state index contributed by atoms with van der Waals surface area (Å²) >= 11 is 0. The van der Waals surface area contributed by atoms with Gasteiger partial charge in [-0.25, -0.2) is 9.40 Å². The molecule has 0 saturated heterocycles. The zero-order valence-corrected chi connectivity index (χ0v) is 21.2.